The number of nitrogens with one attached hydrogen (secondary N) is 1. The molecule has 0 aliphatic carbocycles. The van der Waals surface area contributed by atoms with Crippen molar-refractivity contribution in [3.63, 3.8) is 0 Å². The summed E-state index contributed by atoms with van der Waals surface area (Å²) in [5.41, 5.74) is 4.89. The van der Waals surface area contributed by atoms with E-state index in [4.69, 9.17) is 4.42 Å². The summed E-state index contributed by atoms with van der Waals surface area (Å²) in [6.07, 6.45) is 0.648. The van der Waals surface area contributed by atoms with Crippen LogP contribution in [0.3, 0.4) is 0 Å². The molecule has 8 heteroatoms. The number of rotatable bonds is 5. The summed E-state index contributed by atoms with van der Waals surface area (Å²) in [6, 6.07) is 7.73. The molecule has 2 aromatic heterocycles. The highest BCUT2D eigenvalue weighted by molar-refractivity contribution is 7.91. The van der Waals surface area contributed by atoms with Crippen LogP contribution in [0.4, 0.5) is 0 Å². The van der Waals surface area contributed by atoms with E-state index in [9.17, 15) is 8.42 Å². The van der Waals surface area contributed by atoms with Crippen LogP contribution in [0.1, 0.15) is 35.3 Å². The van der Waals surface area contributed by atoms with Crippen molar-refractivity contribution in [2.24, 2.45) is 0 Å². The van der Waals surface area contributed by atoms with Crippen LogP contribution in [-0.4, -0.2) is 41.7 Å². The second kappa shape index (κ2) is 6.76. The fraction of sp³-hybridized carbons (Fsp3) is 0.474. The van der Waals surface area contributed by atoms with E-state index in [1.54, 1.807) is 0 Å². The Balaban J connectivity index is 1.50. The first-order valence-electron chi connectivity index (χ1n) is 9.23. The van der Waals surface area contributed by atoms with Gasteiger partial charge in [0.1, 0.15) is 12.1 Å². The first-order chi connectivity index (χ1) is 12.8. The van der Waals surface area contributed by atoms with Crippen LogP contribution in [0.25, 0.3) is 11.1 Å². The molecule has 0 bridgehead atoms. The van der Waals surface area contributed by atoms with Crippen molar-refractivity contribution >= 4 is 20.9 Å². The first kappa shape index (κ1) is 18.2. The largest absolute Gasteiger partial charge is 0.435 e. The summed E-state index contributed by atoms with van der Waals surface area (Å²) in [5, 5.41) is 4.65. The second-order valence-corrected chi connectivity index (χ2v) is 9.77. The van der Waals surface area contributed by atoms with Gasteiger partial charge in [0.05, 0.1) is 35.9 Å². The standard InChI is InChI=1S/C19H24N4O3S/c1-13-16(14(2)23(21-13)15-8-9-27(24,25)12-15)10-22(3)11-19-20-17-6-4-5-7-18(17)26-19/h4-7,15H,8-12H2,1-3H3/p+1/t15-/m0/s1. The number of quaternary nitrogens is 1. The van der Waals surface area contributed by atoms with Gasteiger partial charge in [-0.1, -0.05) is 12.1 Å². The monoisotopic (exact) mass is 389 g/mol. The normalized spacial score (nSPS) is 20.3. The van der Waals surface area contributed by atoms with E-state index in [1.807, 2.05) is 42.8 Å². The molecule has 7 nitrogen and oxygen atoms in total. The molecule has 1 fully saturated rings. The third-order valence-electron chi connectivity index (χ3n) is 5.30. The van der Waals surface area contributed by atoms with Gasteiger partial charge in [-0.3, -0.25) is 4.68 Å². The summed E-state index contributed by atoms with van der Waals surface area (Å²) in [4.78, 5) is 5.79. The van der Waals surface area contributed by atoms with Gasteiger partial charge in [0, 0.05) is 5.69 Å². The highest BCUT2D eigenvalue weighted by Gasteiger charge is 2.31. The lowest BCUT2D eigenvalue weighted by molar-refractivity contribution is -0.909. The predicted octanol–water partition coefficient (Wildman–Crippen LogP) is 1.22. The average molecular weight is 390 g/mol. The molecular weight excluding hydrogens is 364 g/mol. The molecule has 27 heavy (non-hydrogen) atoms. The number of aromatic nitrogens is 3. The number of hydrogen-bond acceptors (Lipinski definition) is 5. The van der Waals surface area contributed by atoms with Crippen molar-refractivity contribution in [3.05, 3.63) is 47.1 Å². The van der Waals surface area contributed by atoms with Gasteiger partial charge in [-0.2, -0.15) is 5.10 Å². The highest BCUT2D eigenvalue weighted by Crippen LogP contribution is 2.26. The Hall–Kier alpha value is -2.19. The van der Waals surface area contributed by atoms with Crippen LogP contribution in [0.15, 0.2) is 28.7 Å². The number of aryl methyl sites for hydroxylation is 1. The molecule has 2 atom stereocenters. The minimum absolute atomic E-state index is 0.0419. The molecule has 0 spiro atoms. The molecule has 0 amide bonds. The topological polar surface area (TPSA) is 82.4 Å². The smallest absolute Gasteiger partial charge is 0.251 e. The number of oxazole rings is 1. The van der Waals surface area contributed by atoms with E-state index < -0.39 is 9.84 Å². The highest BCUT2D eigenvalue weighted by atomic mass is 32.2. The van der Waals surface area contributed by atoms with Crippen molar-refractivity contribution in [2.45, 2.75) is 39.4 Å². The molecule has 1 aromatic carbocycles. The van der Waals surface area contributed by atoms with Gasteiger partial charge in [0.25, 0.3) is 5.89 Å². The van der Waals surface area contributed by atoms with Gasteiger partial charge < -0.3 is 9.32 Å². The second-order valence-electron chi connectivity index (χ2n) is 7.54. The molecule has 3 aromatic rings. The SMILES string of the molecule is Cc1nn([C@H]2CCS(=O)(=O)C2)c(C)c1C[NH+](C)Cc1nc2ccccc2o1. The molecule has 1 aliphatic rings. The summed E-state index contributed by atoms with van der Waals surface area (Å²) >= 11 is 0. The molecule has 1 N–H and O–H groups in total. The van der Waals surface area contributed by atoms with Crippen LogP contribution in [0.5, 0.6) is 0 Å². The maximum absolute atomic E-state index is 11.8. The Morgan fingerprint density at radius 2 is 2.04 bits per heavy atom. The van der Waals surface area contributed by atoms with E-state index in [-0.39, 0.29) is 17.5 Å². The Morgan fingerprint density at radius 1 is 1.26 bits per heavy atom. The van der Waals surface area contributed by atoms with Gasteiger partial charge >= 0.3 is 0 Å². The maximum Gasteiger partial charge on any atom is 0.251 e. The van der Waals surface area contributed by atoms with E-state index in [0.29, 0.717) is 13.0 Å². The van der Waals surface area contributed by atoms with Crippen LogP contribution >= 0.6 is 0 Å². The number of para-hydroxylation sites is 2. The number of nitrogens with zero attached hydrogens (tertiary/aromatic N) is 3. The zero-order valence-corrected chi connectivity index (χ0v) is 16.7. The lowest BCUT2D eigenvalue weighted by Gasteiger charge is -2.14. The number of hydrogen-bond donors (Lipinski definition) is 1. The van der Waals surface area contributed by atoms with Crippen molar-refractivity contribution < 1.29 is 17.7 Å². The Kier molecular flexibility index (Phi) is 4.55. The Bertz CT molecular complexity index is 1050. The van der Waals surface area contributed by atoms with Gasteiger partial charge in [0.15, 0.2) is 22.0 Å². The molecule has 144 valence electrons. The minimum Gasteiger partial charge on any atom is -0.435 e. The third-order valence-corrected chi connectivity index (χ3v) is 7.05. The molecule has 1 unspecified atom stereocenters. The zero-order chi connectivity index (χ0) is 19.2. The van der Waals surface area contributed by atoms with E-state index in [0.717, 1.165) is 34.9 Å². The van der Waals surface area contributed by atoms with E-state index >= 15 is 0 Å². The molecular formula is C19H25N4O3S+. The minimum atomic E-state index is -2.93. The third kappa shape index (κ3) is 3.64. The average Bonchev–Trinajstić information content (AvgIpc) is 3.25. The van der Waals surface area contributed by atoms with Crippen molar-refractivity contribution in [2.75, 3.05) is 18.6 Å². The lowest BCUT2D eigenvalue weighted by Crippen LogP contribution is -3.06. The maximum atomic E-state index is 11.8. The van der Waals surface area contributed by atoms with Crippen LogP contribution in [-0.2, 0) is 22.9 Å². The lowest BCUT2D eigenvalue weighted by atomic mass is 10.1. The van der Waals surface area contributed by atoms with Crippen LogP contribution < -0.4 is 4.90 Å². The number of benzene rings is 1. The summed E-state index contributed by atoms with van der Waals surface area (Å²) in [6.45, 7) is 5.49. The number of fused-ring (bicyclic) bond motifs is 1. The summed E-state index contributed by atoms with van der Waals surface area (Å²) < 4.78 is 31.4. The van der Waals surface area contributed by atoms with Crippen LogP contribution in [0.2, 0.25) is 0 Å². The molecule has 3 heterocycles. The summed E-state index contributed by atoms with van der Waals surface area (Å²) in [5.74, 6) is 1.17. The Labute approximate surface area is 158 Å². The van der Waals surface area contributed by atoms with Gasteiger partial charge in [-0.15, -0.1) is 0 Å². The van der Waals surface area contributed by atoms with E-state index in [2.05, 4.69) is 17.1 Å². The molecule has 0 saturated carbocycles. The summed E-state index contributed by atoms with van der Waals surface area (Å²) in [7, 11) is -0.825. The van der Waals surface area contributed by atoms with Crippen LogP contribution in [0, 0.1) is 13.8 Å². The van der Waals surface area contributed by atoms with Gasteiger partial charge in [-0.25, -0.2) is 13.4 Å². The fourth-order valence-corrected chi connectivity index (χ4v) is 5.59. The number of sulfone groups is 1. The van der Waals surface area contributed by atoms with Crippen molar-refractivity contribution in [1.29, 1.82) is 0 Å². The van der Waals surface area contributed by atoms with Crippen molar-refractivity contribution in [1.82, 2.24) is 14.8 Å². The fourth-order valence-electron chi connectivity index (χ4n) is 3.89. The predicted molar refractivity (Wildman–Crippen MR) is 102 cm³/mol. The zero-order valence-electron chi connectivity index (χ0n) is 15.9. The molecule has 0 radical (unpaired) electrons. The van der Waals surface area contributed by atoms with Crippen molar-refractivity contribution in [3.8, 4) is 0 Å². The molecule has 4 rings (SSSR count). The Morgan fingerprint density at radius 3 is 2.74 bits per heavy atom. The van der Waals surface area contributed by atoms with Gasteiger partial charge in [0.2, 0.25) is 0 Å². The molecule has 1 aliphatic heterocycles. The quantitative estimate of drug-likeness (QED) is 0.709. The van der Waals surface area contributed by atoms with E-state index in [1.165, 1.54) is 10.5 Å². The van der Waals surface area contributed by atoms with Gasteiger partial charge in [-0.05, 0) is 32.4 Å². The molecule has 1 saturated heterocycles. The first-order valence-corrected chi connectivity index (χ1v) is 11.1.